The average molecular weight is 376 g/mol. The molecule has 0 aromatic heterocycles. The van der Waals surface area contributed by atoms with Crippen molar-refractivity contribution in [3.05, 3.63) is 0 Å². The summed E-state index contributed by atoms with van der Waals surface area (Å²) in [6, 6.07) is 0. The third-order valence-electron chi connectivity index (χ3n) is 2.90. The van der Waals surface area contributed by atoms with E-state index in [1.54, 1.807) is 13.8 Å². The van der Waals surface area contributed by atoms with Gasteiger partial charge in [0, 0.05) is 13.1 Å². The SMILES string of the molecule is CCOC(=O)COC(=O)NCCCCCCNC(=O)OCC(=O)OCC. The Labute approximate surface area is 152 Å². The van der Waals surface area contributed by atoms with Crippen LogP contribution in [-0.2, 0) is 28.5 Å². The fourth-order valence-electron chi connectivity index (χ4n) is 1.74. The smallest absolute Gasteiger partial charge is 0.407 e. The summed E-state index contributed by atoms with van der Waals surface area (Å²) in [4.78, 5) is 44.5. The molecule has 0 aromatic carbocycles. The lowest BCUT2D eigenvalue weighted by Crippen LogP contribution is -2.28. The van der Waals surface area contributed by atoms with Crippen LogP contribution in [-0.4, -0.2) is 63.6 Å². The zero-order chi connectivity index (χ0) is 19.6. The first-order valence-electron chi connectivity index (χ1n) is 8.62. The number of alkyl carbamates (subject to hydrolysis) is 2. The second-order valence-corrected chi connectivity index (χ2v) is 5.03. The minimum atomic E-state index is -0.663. The van der Waals surface area contributed by atoms with E-state index >= 15 is 0 Å². The monoisotopic (exact) mass is 376 g/mol. The van der Waals surface area contributed by atoms with E-state index in [9.17, 15) is 19.2 Å². The summed E-state index contributed by atoms with van der Waals surface area (Å²) < 4.78 is 18.6. The molecule has 0 aliphatic heterocycles. The van der Waals surface area contributed by atoms with Gasteiger partial charge < -0.3 is 29.6 Å². The van der Waals surface area contributed by atoms with Gasteiger partial charge in [-0.25, -0.2) is 19.2 Å². The summed E-state index contributed by atoms with van der Waals surface area (Å²) in [7, 11) is 0. The maximum Gasteiger partial charge on any atom is 0.407 e. The van der Waals surface area contributed by atoms with Gasteiger partial charge in [0.15, 0.2) is 13.2 Å². The van der Waals surface area contributed by atoms with Gasteiger partial charge in [-0.2, -0.15) is 0 Å². The minimum absolute atomic E-state index is 0.238. The molecule has 0 aliphatic rings. The number of carbonyl (C=O) groups excluding carboxylic acids is 4. The summed E-state index contributed by atoms with van der Waals surface area (Å²) >= 11 is 0. The van der Waals surface area contributed by atoms with Crippen molar-refractivity contribution in [2.75, 3.05) is 39.5 Å². The maximum atomic E-state index is 11.3. The lowest BCUT2D eigenvalue weighted by atomic mass is 10.2. The van der Waals surface area contributed by atoms with Crippen molar-refractivity contribution < 1.29 is 38.1 Å². The number of ether oxygens (including phenoxy) is 4. The molecule has 0 heterocycles. The standard InChI is InChI=1S/C16H28N2O8/c1-3-23-13(19)11-25-15(21)17-9-7-5-6-8-10-18-16(22)26-12-14(20)24-4-2/h3-12H2,1-2H3,(H,17,21)(H,18,22). The van der Waals surface area contributed by atoms with Crippen LogP contribution in [0, 0.1) is 0 Å². The van der Waals surface area contributed by atoms with Gasteiger partial charge in [-0.1, -0.05) is 12.8 Å². The van der Waals surface area contributed by atoms with Crippen molar-refractivity contribution in [3.8, 4) is 0 Å². The molecule has 0 atom stereocenters. The topological polar surface area (TPSA) is 129 Å². The van der Waals surface area contributed by atoms with Gasteiger partial charge in [0.25, 0.3) is 0 Å². The molecule has 0 aromatic rings. The van der Waals surface area contributed by atoms with Crippen LogP contribution >= 0.6 is 0 Å². The summed E-state index contributed by atoms with van der Waals surface area (Å²) in [6.45, 7) is 3.85. The number of nitrogens with one attached hydrogen (secondary N) is 2. The van der Waals surface area contributed by atoms with Gasteiger partial charge in [0.1, 0.15) is 0 Å². The van der Waals surface area contributed by atoms with Crippen LogP contribution in [0.2, 0.25) is 0 Å². The third kappa shape index (κ3) is 15.0. The van der Waals surface area contributed by atoms with Crippen molar-refractivity contribution in [2.45, 2.75) is 39.5 Å². The molecule has 26 heavy (non-hydrogen) atoms. The zero-order valence-electron chi connectivity index (χ0n) is 15.3. The lowest BCUT2D eigenvalue weighted by molar-refractivity contribution is -0.147. The van der Waals surface area contributed by atoms with E-state index in [0.717, 1.165) is 25.7 Å². The molecule has 150 valence electrons. The molecule has 0 fully saturated rings. The van der Waals surface area contributed by atoms with E-state index in [-0.39, 0.29) is 13.2 Å². The van der Waals surface area contributed by atoms with Crippen molar-refractivity contribution in [2.24, 2.45) is 0 Å². The predicted molar refractivity (Wildman–Crippen MR) is 90.4 cm³/mol. The zero-order valence-corrected chi connectivity index (χ0v) is 15.3. The Hall–Kier alpha value is -2.52. The molecular formula is C16H28N2O8. The summed E-state index contributed by atoms with van der Waals surface area (Å²) in [6.07, 6.45) is 1.84. The molecule has 0 rings (SSSR count). The van der Waals surface area contributed by atoms with Gasteiger partial charge in [0.05, 0.1) is 13.2 Å². The summed E-state index contributed by atoms with van der Waals surface area (Å²) in [5, 5.41) is 5.05. The first-order chi connectivity index (χ1) is 12.5. The Morgan fingerprint density at radius 1 is 0.615 bits per heavy atom. The van der Waals surface area contributed by atoms with Gasteiger partial charge in [-0.15, -0.1) is 0 Å². The molecule has 0 radical (unpaired) electrons. The first kappa shape index (κ1) is 23.5. The van der Waals surface area contributed by atoms with Crippen molar-refractivity contribution >= 4 is 24.1 Å². The number of hydrogen-bond acceptors (Lipinski definition) is 8. The van der Waals surface area contributed by atoms with Gasteiger partial charge in [0.2, 0.25) is 0 Å². The first-order valence-corrected chi connectivity index (χ1v) is 8.62. The third-order valence-corrected chi connectivity index (χ3v) is 2.90. The normalized spacial score (nSPS) is 9.77. The van der Waals surface area contributed by atoms with Crippen LogP contribution < -0.4 is 10.6 Å². The quantitative estimate of drug-likeness (QED) is 0.278. The second kappa shape index (κ2) is 16.0. The Bertz CT molecular complexity index is 402. The molecule has 2 N–H and O–H groups in total. The number of unbranched alkanes of at least 4 members (excludes halogenated alkanes) is 3. The Morgan fingerprint density at radius 2 is 1.00 bits per heavy atom. The average Bonchev–Trinajstić information content (AvgIpc) is 2.61. The molecule has 0 unspecified atom stereocenters. The van der Waals surface area contributed by atoms with E-state index in [4.69, 9.17) is 0 Å². The Balaban J connectivity index is 3.42. The molecule has 0 aliphatic carbocycles. The number of carbonyl (C=O) groups is 4. The van der Waals surface area contributed by atoms with E-state index in [1.165, 1.54) is 0 Å². The highest BCUT2D eigenvalue weighted by atomic mass is 16.6. The molecule has 2 amide bonds. The van der Waals surface area contributed by atoms with Gasteiger partial charge in [-0.3, -0.25) is 0 Å². The maximum absolute atomic E-state index is 11.3. The van der Waals surface area contributed by atoms with Crippen LogP contribution in [0.25, 0.3) is 0 Å². The lowest BCUT2D eigenvalue weighted by Gasteiger charge is -2.07. The van der Waals surface area contributed by atoms with Crippen molar-refractivity contribution in [3.63, 3.8) is 0 Å². The Morgan fingerprint density at radius 3 is 1.35 bits per heavy atom. The molecular weight excluding hydrogens is 348 g/mol. The molecule has 0 saturated heterocycles. The largest absolute Gasteiger partial charge is 0.463 e. The number of rotatable bonds is 13. The fourth-order valence-corrected chi connectivity index (χ4v) is 1.74. The highest BCUT2D eigenvalue weighted by Gasteiger charge is 2.08. The van der Waals surface area contributed by atoms with Crippen LogP contribution in [0.3, 0.4) is 0 Å². The number of hydrogen-bond donors (Lipinski definition) is 2. The highest BCUT2D eigenvalue weighted by Crippen LogP contribution is 1.98. The van der Waals surface area contributed by atoms with E-state index in [1.807, 2.05) is 0 Å². The van der Waals surface area contributed by atoms with Crippen LogP contribution in [0.1, 0.15) is 39.5 Å². The molecule has 0 spiro atoms. The van der Waals surface area contributed by atoms with Crippen LogP contribution in [0.4, 0.5) is 9.59 Å². The number of amides is 2. The van der Waals surface area contributed by atoms with Gasteiger partial charge in [-0.05, 0) is 26.7 Å². The van der Waals surface area contributed by atoms with Crippen LogP contribution in [0.5, 0.6) is 0 Å². The summed E-state index contributed by atoms with van der Waals surface area (Å²) in [5.74, 6) is -1.17. The summed E-state index contributed by atoms with van der Waals surface area (Å²) in [5.41, 5.74) is 0. The van der Waals surface area contributed by atoms with E-state index in [2.05, 4.69) is 29.6 Å². The molecule has 0 bridgehead atoms. The second-order valence-electron chi connectivity index (χ2n) is 5.03. The van der Waals surface area contributed by atoms with E-state index in [0.29, 0.717) is 13.1 Å². The van der Waals surface area contributed by atoms with Gasteiger partial charge >= 0.3 is 24.1 Å². The van der Waals surface area contributed by atoms with Crippen LogP contribution in [0.15, 0.2) is 0 Å². The predicted octanol–water partition coefficient (Wildman–Crippen LogP) is 1.13. The minimum Gasteiger partial charge on any atom is -0.463 e. The fraction of sp³-hybridized carbons (Fsp3) is 0.750. The Kier molecular flexibility index (Phi) is 14.4. The molecule has 10 nitrogen and oxygen atoms in total. The highest BCUT2D eigenvalue weighted by molar-refractivity contribution is 5.76. The molecule has 10 heteroatoms. The number of esters is 2. The van der Waals surface area contributed by atoms with Crippen molar-refractivity contribution in [1.82, 2.24) is 10.6 Å². The van der Waals surface area contributed by atoms with Crippen molar-refractivity contribution in [1.29, 1.82) is 0 Å². The van der Waals surface area contributed by atoms with E-state index < -0.39 is 37.3 Å². The molecule has 0 saturated carbocycles.